The second kappa shape index (κ2) is 6.26. The van der Waals surface area contributed by atoms with E-state index in [0.29, 0.717) is 18.7 Å². The summed E-state index contributed by atoms with van der Waals surface area (Å²) in [4.78, 5) is 12.4. The standard InChI is InChI=1S/C19H17ClN4O/c1-12-16-11-14(2-4-17(16)23-22-12)19(25)21-7-9-24-8-6-13-10-15(20)3-5-18(13)24/h2-6,8,10-11H,7,9H2,1H3,(H,21,25)(H,22,23). The number of fused-ring (bicyclic) bond motifs is 2. The number of hydrogen-bond acceptors (Lipinski definition) is 2. The number of benzene rings is 2. The molecule has 2 N–H and O–H groups in total. The quantitative estimate of drug-likeness (QED) is 0.585. The molecule has 4 rings (SSSR count). The molecule has 2 heterocycles. The van der Waals surface area contributed by atoms with E-state index in [2.05, 4.69) is 20.1 Å². The molecule has 25 heavy (non-hydrogen) atoms. The Balaban J connectivity index is 1.44. The van der Waals surface area contributed by atoms with Crippen molar-refractivity contribution >= 4 is 39.3 Å². The fourth-order valence-corrected chi connectivity index (χ4v) is 3.22. The van der Waals surface area contributed by atoms with E-state index in [1.54, 1.807) is 6.07 Å². The summed E-state index contributed by atoms with van der Waals surface area (Å²) in [6.45, 7) is 3.19. The van der Waals surface area contributed by atoms with Gasteiger partial charge in [-0.15, -0.1) is 0 Å². The van der Waals surface area contributed by atoms with Crippen LogP contribution in [0.15, 0.2) is 48.7 Å². The van der Waals surface area contributed by atoms with Crippen molar-refractivity contribution in [2.45, 2.75) is 13.5 Å². The Hall–Kier alpha value is -2.79. The Labute approximate surface area is 149 Å². The van der Waals surface area contributed by atoms with Crippen LogP contribution in [0.25, 0.3) is 21.8 Å². The van der Waals surface area contributed by atoms with E-state index in [4.69, 9.17) is 11.6 Å². The van der Waals surface area contributed by atoms with Gasteiger partial charge in [-0.05, 0) is 49.4 Å². The molecule has 0 radical (unpaired) electrons. The van der Waals surface area contributed by atoms with E-state index in [9.17, 15) is 4.79 Å². The van der Waals surface area contributed by atoms with Gasteiger partial charge in [-0.2, -0.15) is 5.10 Å². The van der Waals surface area contributed by atoms with Gasteiger partial charge in [0.1, 0.15) is 0 Å². The number of aryl methyl sites for hydroxylation is 1. The van der Waals surface area contributed by atoms with E-state index in [1.807, 2.05) is 49.5 Å². The zero-order valence-electron chi connectivity index (χ0n) is 13.7. The molecule has 6 heteroatoms. The number of H-pyrrole nitrogens is 1. The van der Waals surface area contributed by atoms with Gasteiger partial charge in [-0.25, -0.2) is 0 Å². The molecule has 2 aromatic heterocycles. The second-order valence-corrected chi connectivity index (χ2v) is 6.49. The second-order valence-electron chi connectivity index (χ2n) is 6.05. The van der Waals surface area contributed by atoms with Gasteiger partial charge in [0.2, 0.25) is 0 Å². The van der Waals surface area contributed by atoms with Gasteiger partial charge >= 0.3 is 0 Å². The maximum absolute atomic E-state index is 12.4. The number of aromatic nitrogens is 3. The van der Waals surface area contributed by atoms with Crippen molar-refractivity contribution < 1.29 is 4.79 Å². The highest BCUT2D eigenvalue weighted by atomic mass is 35.5. The third-order valence-corrected chi connectivity index (χ3v) is 4.61. The van der Waals surface area contributed by atoms with Crippen LogP contribution in [0.2, 0.25) is 5.02 Å². The van der Waals surface area contributed by atoms with Crippen LogP contribution >= 0.6 is 11.6 Å². The van der Waals surface area contributed by atoms with Crippen LogP contribution in [-0.2, 0) is 6.54 Å². The smallest absolute Gasteiger partial charge is 0.251 e. The summed E-state index contributed by atoms with van der Waals surface area (Å²) in [5.74, 6) is -0.0815. The van der Waals surface area contributed by atoms with Crippen molar-refractivity contribution in [3.63, 3.8) is 0 Å². The number of nitrogens with one attached hydrogen (secondary N) is 2. The minimum atomic E-state index is -0.0815. The highest BCUT2D eigenvalue weighted by molar-refractivity contribution is 6.31. The lowest BCUT2D eigenvalue weighted by Gasteiger charge is -2.08. The maximum atomic E-state index is 12.4. The molecule has 5 nitrogen and oxygen atoms in total. The van der Waals surface area contributed by atoms with E-state index < -0.39 is 0 Å². The van der Waals surface area contributed by atoms with Gasteiger partial charge in [0.15, 0.2) is 0 Å². The molecule has 2 aromatic carbocycles. The monoisotopic (exact) mass is 352 g/mol. The molecule has 0 aliphatic carbocycles. The SMILES string of the molecule is Cc1[nH]nc2ccc(C(=O)NCCn3ccc4cc(Cl)ccc43)cc12. The molecular formula is C19H17ClN4O. The molecule has 0 bridgehead atoms. The van der Waals surface area contributed by atoms with Crippen molar-refractivity contribution in [1.82, 2.24) is 20.1 Å². The van der Waals surface area contributed by atoms with Gasteiger partial charge in [0.25, 0.3) is 5.91 Å². The first-order chi connectivity index (χ1) is 12.1. The zero-order valence-corrected chi connectivity index (χ0v) is 14.5. The number of carbonyl (C=O) groups is 1. The average Bonchev–Trinajstić information content (AvgIpc) is 3.18. The molecule has 0 atom stereocenters. The lowest BCUT2D eigenvalue weighted by atomic mass is 10.1. The first-order valence-corrected chi connectivity index (χ1v) is 8.47. The number of hydrogen-bond donors (Lipinski definition) is 2. The Kier molecular flexibility index (Phi) is 3.93. The predicted molar refractivity (Wildman–Crippen MR) is 100 cm³/mol. The molecule has 0 unspecified atom stereocenters. The Morgan fingerprint density at radius 1 is 1.24 bits per heavy atom. The van der Waals surface area contributed by atoms with E-state index in [0.717, 1.165) is 32.5 Å². The van der Waals surface area contributed by atoms with Gasteiger partial charge in [0.05, 0.1) is 5.52 Å². The fraction of sp³-hybridized carbons (Fsp3) is 0.158. The predicted octanol–water partition coefficient (Wildman–Crippen LogP) is 3.91. The Bertz CT molecular complexity index is 1080. The minimum absolute atomic E-state index is 0.0815. The summed E-state index contributed by atoms with van der Waals surface area (Å²) in [5.41, 5.74) is 3.57. The summed E-state index contributed by atoms with van der Waals surface area (Å²) >= 11 is 6.01. The van der Waals surface area contributed by atoms with Crippen LogP contribution < -0.4 is 5.32 Å². The molecule has 0 aliphatic heterocycles. The van der Waals surface area contributed by atoms with E-state index in [1.165, 1.54) is 0 Å². The summed E-state index contributed by atoms with van der Waals surface area (Å²) in [6.07, 6.45) is 2.01. The Morgan fingerprint density at radius 2 is 2.12 bits per heavy atom. The van der Waals surface area contributed by atoms with E-state index in [-0.39, 0.29) is 5.91 Å². The van der Waals surface area contributed by atoms with Crippen LogP contribution in [-0.4, -0.2) is 27.2 Å². The zero-order chi connectivity index (χ0) is 17.4. The normalized spacial score (nSPS) is 11.3. The highest BCUT2D eigenvalue weighted by Gasteiger charge is 2.09. The molecule has 0 saturated heterocycles. The molecule has 4 aromatic rings. The molecule has 0 fully saturated rings. The molecule has 1 amide bonds. The molecular weight excluding hydrogens is 336 g/mol. The minimum Gasteiger partial charge on any atom is -0.350 e. The summed E-state index contributed by atoms with van der Waals surface area (Å²) in [6, 6.07) is 13.4. The van der Waals surface area contributed by atoms with Crippen molar-refractivity contribution in [2.75, 3.05) is 6.54 Å². The average molecular weight is 353 g/mol. The molecule has 0 spiro atoms. The third kappa shape index (κ3) is 2.98. The largest absolute Gasteiger partial charge is 0.350 e. The molecule has 0 aliphatic rings. The van der Waals surface area contributed by atoms with Crippen LogP contribution in [0, 0.1) is 6.92 Å². The first kappa shape index (κ1) is 15.7. The Morgan fingerprint density at radius 3 is 3.00 bits per heavy atom. The van der Waals surface area contributed by atoms with Gasteiger partial charge in [-0.3, -0.25) is 9.89 Å². The van der Waals surface area contributed by atoms with Crippen LogP contribution in [0.4, 0.5) is 0 Å². The van der Waals surface area contributed by atoms with Crippen molar-refractivity contribution in [3.05, 3.63) is 64.9 Å². The summed E-state index contributed by atoms with van der Waals surface area (Å²) in [7, 11) is 0. The third-order valence-electron chi connectivity index (χ3n) is 4.38. The molecule has 126 valence electrons. The summed E-state index contributed by atoms with van der Waals surface area (Å²) < 4.78 is 2.11. The van der Waals surface area contributed by atoms with Crippen LogP contribution in [0.1, 0.15) is 16.1 Å². The number of aromatic amines is 1. The topological polar surface area (TPSA) is 62.7 Å². The van der Waals surface area contributed by atoms with Gasteiger partial charge in [0, 0.05) is 51.9 Å². The lowest BCUT2D eigenvalue weighted by molar-refractivity contribution is 0.0952. The van der Waals surface area contributed by atoms with Crippen molar-refractivity contribution in [3.8, 4) is 0 Å². The number of rotatable bonds is 4. The van der Waals surface area contributed by atoms with Gasteiger partial charge in [-0.1, -0.05) is 11.6 Å². The number of carbonyl (C=O) groups excluding carboxylic acids is 1. The van der Waals surface area contributed by atoms with Crippen LogP contribution in [0.3, 0.4) is 0 Å². The first-order valence-electron chi connectivity index (χ1n) is 8.09. The summed E-state index contributed by atoms with van der Waals surface area (Å²) in [5, 5.41) is 12.9. The van der Waals surface area contributed by atoms with Crippen LogP contribution in [0.5, 0.6) is 0 Å². The van der Waals surface area contributed by atoms with Crippen molar-refractivity contribution in [2.24, 2.45) is 0 Å². The lowest BCUT2D eigenvalue weighted by Crippen LogP contribution is -2.27. The van der Waals surface area contributed by atoms with Gasteiger partial charge < -0.3 is 9.88 Å². The molecule has 0 saturated carbocycles. The fourth-order valence-electron chi connectivity index (χ4n) is 3.04. The number of halogens is 1. The number of nitrogens with zero attached hydrogens (tertiary/aromatic N) is 2. The maximum Gasteiger partial charge on any atom is 0.251 e. The number of amides is 1. The highest BCUT2D eigenvalue weighted by Crippen LogP contribution is 2.20. The van der Waals surface area contributed by atoms with E-state index >= 15 is 0 Å². The van der Waals surface area contributed by atoms with Crippen molar-refractivity contribution in [1.29, 1.82) is 0 Å².